The van der Waals surface area contributed by atoms with Crippen molar-refractivity contribution in [1.82, 2.24) is 0 Å². The summed E-state index contributed by atoms with van der Waals surface area (Å²) in [4.78, 5) is 10.5. The number of rotatable bonds is 2. The fraction of sp³-hybridized carbons (Fsp3) is 0.857. The third-order valence-corrected chi connectivity index (χ3v) is 2.08. The van der Waals surface area contributed by atoms with Crippen molar-refractivity contribution < 1.29 is 34.7 Å². The quantitative estimate of drug-likeness (QED) is 0.397. The minimum atomic E-state index is -1.65. The molecule has 1 aliphatic heterocycles. The normalized spacial score (nSPS) is 43.6. The van der Waals surface area contributed by atoms with Crippen LogP contribution in [0.2, 0.25) is 0 Å². The van der Waals surface area contributed by atoms with Gasteiger partial charge in [0.1, 0.15) is 18.3 Å². The number of hydrogen-bond acceptors (Lipinski definition) is 6. The van der Waals surface area contributed by atoms with Gasteiger partial charge in [-0.05, 0) is 0 Å². The Morgan fingerprint density at radius 2 is 1.86 bits per heavy atom. The number of carbonyl (C=O) groups is 1. The Kier molecular flexibility index (Phi) is 3.40. The molecular weight excluding hydrogens is 196 g/mol. The molecule has 1 aliphatic rings. The molecule has 0 aliphatic carbocycles. The van der Waals surface area contributed by atoms with E-state index in [1.807, 2.05) is 0 Å². The first-order valence-electron chi connectivity index (χ1n) is 3.94. The Morgan fingerprint density at radius 3 is 2.29 bits per heavy atom. The molecule has 1 unspecified atom stereocenters. The Morgan fingerprint density at radius 1 is 1.29 bits per heavy atom. The first kappa shape index (κ1) is 11.3. The van der Waals surface area contributed by atoms with Crippen LogP contribution in [0.1, 0.15) is 0 Å². The number of aliphatic hydroxyl groups is 3. The van der Waals surface area contributed by atoms with Crippen LogP contribution in [0.4, 0.5) is 0 Å². The van der Waals surface area contributed by atoms with Gasteiger partial charge in [-0.3, -0.25) is 0 Å². The Bertz CT molecular complexity index is 218. The number of ether oxygens (including phenoxy) is 2. The lowest BCUT2D eigenvalue weighted by molar-refractivity contribution is -0.284. The molecule has 0 radical (unpaired) electrons. The monoisotopic (exact) mass is 208 g/mol. The Labute approximate surface area is 79.5 Å². The van der Waals surface area contributed by atoms with Gasteiger partial charge in [-0.2, -0.15) is 0 Å². The highest BCUT2D eigenvalue weighted by atomic mass is 16.7. The van der Waals surface area contributed by atoms with Gasteiger partial charge in [-0.25, -0.2) is 4.79 Å². The number of aliphatic hydroxyl groups excluding tert-OH is 3. The standard InChI is InChI=1S/C7H12O7/c1-13-5-3(9)2(8)4(6(10)11)14-7(5)12/h2-5,7-9,12H,1H3,(H,10,11)/t2-,3-,4-,5+,7?/m0/s1. The van der Waals surface area contributed by atoms with Crippen molar-refractivity contribution in [3.05, 3.63) is 0 Å². The minimum Gasteiger partial charge on any atom is -0.479 e. The summed E-state index contributed by atoms with van der Waals surface area (Å²) in [6.45, 7) is 0. The molecule has 0 aromatic carbocycles. The van der Waals surface area contributed by atoms with Crippen LogP contribution in [0.15, 0.2) is 0 Å². The summed E-state index contributed by atoms with van der Waals surface area (Å²) in [7, 11) is 1.20. The number of carboxylic acids is 1. The SMILES string of the molecule is CO[C@H]1C(O)O[C@H](C(=O)O)[C@@H](O)[C@@H]1O. The van der Waals surface area contributed by atoms with Crippen molar-refractivity contribution in [1.29, 1.82) is 0 Å². The van der Waals surface area contributed by atoms with E-state index >= 15 is 0 Å². The van der Waals surface area contributed by atoms with Crippen LogP contribution in [0, 0.1) is 0 Å². The van der Waals surface area contributed by atoms with Gasteiger partial charge in [-0.1, -0.05) is 0 Å². The molecule has 0 bridgehead atoms. The van der Waals surface area contributed by atoms with Gasteiger partial charge >= 0.3 is 5.97 Å². The van der Waals surface area contributed by atoms with Crippen LogP contribution in [0.25, 0.3) is 0 Å². The van der Waals surface area contributed by atoms with Gasteiger partial charge in [0.15, 0.2) is 12.4 Å². The highest BCUT2D eigenvalue weighted by molar-refractivity contribution is 5.73. The zero-order valence-electron chi connectivity index (χ0n) is 7.40. The molecule has 14 heavy (non-hydrogen) atoms. The molecule has 1 saturated heterocycles. The van der Waals surface area contributed by atoms with E-state index in [0.29, 0.717) is 0 Å². The van der Waals surface area contributed by atoms with Gasteiger partial charge in [-0.15, -0.1) is 0 Å². The molecule has 1 fully saturated rings. The summed E-state index contributed by atoms with van der Waals surface area (Å²) in [5.74, 6) is -1.45. The fourth-order valence-corrected chi connectivity index (χ4v) is 1.31. The summed E-state index contributed by atoms with van der Waals surface area (Å²) in [5, 5.41) is 36.4. The summed E-state index contributed by atoms with van der Waals surface area (Å²) < 4.78 is 9.19. The number of hydrogen-bond donors (Lipinski definition) is 4. The highest BCUT2D eigenvalue weighted by Crippen LogP contribution is 2.21. The fourth-order valence-electron chi connectivity index (χ4n) is 1.31. The first-order valence-corrected chi connectivity index (χ1v) is 3.94. The number of methoxy groups -OCH3 is 1. The van der Waals surface area contributed by atoms with Gasteiger partial charge in [0.2, 0.25) is 0 Å². The molecule has 0 aromatic rings. The third kappa shape index (κ3) is 1.86. The molecular formula is C7H12O7. The second kappa shape index (κ2) is 4.20. The maximum atomic E-state index is 10.5. The molecule has 0 aromatic heterocycles. The van der Waals surface area contributed by atoms with Crippen LogP contribution in [-0.4, -0.2) is 64.2 Å². The molecule has 0 saturated carbocycles. The maximum Gasteiger partial charge on any atom is 0.335 e. The molecule has 0 amide bonds. The second-order valence-electron chi connectivity index (χ2n) is 2.97. The van der Waals surface area contributed by atoms with E-state index in [4.69, 9.17) is 5.11 Å². The van der Waals surface area contributed by atoms with Crippen molar-refractivity contribution in [2.75, 3.05) is 7.11 Å². The molecule has 1 heterocycles. The predicted molar refractivity (Wildman–Crippen MR) is 41.3 cm³/mol. The lowest BCUT2D eigenvalue weighted by Crippen LogP contribution is -2.60. The van der Waals surface area contributed by atoms with Crippen LogP contribution < -0.4 is 0 Å². The Hall–Kier alpha value is -0.730. The molecule has 1 rings (SSSR count). The molecule has 7 nitrogen and oxygen atoms in total. The van der Waals surface area contributed by atoms with Crippen molar-refractivity contribution in [3.8, 4) is 0 Å². The third-order valence-electron chi connectivity index (χ3n) is 2.08. The zero-order chi connectivity index (χ0) is 10.9. The topological polar surface area (TPSA) is 116 Å². The van der Waals surface area contributed by atoms with Crippen molar-refractivity contribution in [2.45, 2.75) is 30.7 Å². The lowest BCUT2D eigenvalue weighted by atomic mass is 9.99. The summed E-state index contributed by atoms with van der Waals surface area (Å²) in [5.41, 5.74) is 0. The number of carboxylic acid groups (broad SMARTS) is 1. The summed E-state index contributed by atoms with van der Waals surface area (Å²) in [6, 6.07) is 0. The van der Waals surface area contributed by atoms with Crippen LogP contribution in [0.5, 0.6) is 0 Å². The van der Waals surface area contributed by atoms with E-state index in [9.17, 15) is 20.1 Å². The Balaban J connectivity index is 2.77. The van der Waals surface area contributed by atoms with Gasteiger partial charge in [0.25, 0.3) is 0 Å². The predicted octanol–water partition coefficient (Wildman–Crippen LogP) is -2.47. The highest BCUT2D eigenvalue weighted by Gasteiger charge is 2.47. The lowest BCUT2D eigenvalue weighted by Gasteiger charge is -2.37. The average molecular weight is 208 g/mol. The summed E-state index contributed by atoms with van der Waals surface area (Å²) in [6.07, 6.45) is -7.49. The van der Waals surface area contributed by atoms with E-state index in [1.165, 1.54) is 7.11 Å². The van der Waals surface area contributed by atoms with Crippen molar-refractivity contribution in [3.63, 3.8) is 0 Å². The average Bonchev–Trinajstić information content (AvgIpc) is 2.12. The van der Waals surface area contributed by atoms with Gasteiger partial charge in [0, 0.05) is 7.11 Å². The second-order valence-corrected chi connectivity index (χ2v) is 2.97. The van der Waals surface area contributed by atoms with E-state index in [2.05, 4.69) is 9.47 Å². The van der Waals surface area contributed by atoms with E-state index in [0.717, 1.165) is 0 Å². The van der Waals surface area contributed by atoms with Crippen LogP contribution in [0.3, 0.4) is 0 Å². The van der Waals surface area contributed by atoms with Crippen LogP contribution in [-0.2, 0) is 14.3 Å². The first-order chi connectivity index (χ1) is 6.49. The largest absolute Gasteiger partial charge is 0.479 e. The molecule has 5 atom stereocenters. The van der Waals surface area contributed by atoms with Crippen LogP contribution >= 0.6 is 0 Å². The molecule has 82 valence electrons. The van der Waals surface area contributed by atoms with E-state index in [-0.39, 0.29) is 0 Å². The summed E-state index contributed by atoms with van der Waals surface area (Å²) >= 11 is 0. The van der Waals surface area contributed by atoms with E-state index < -0.39 is 36.7 Å². The van der Waals surface area contributed by atoms with Crippen molar-refractivity contribution >= 4 is 5.97 Å². The molecule has 4 N–H and O–H groups in total. The number of aliphatic carboxylic acids is 1. The molecule has 7 heteroatoms. The van der Waals surface area contributed by atoms with Crippen molar-refractivity contribution in [2.24, 2.45) is 0 Å². The van der Waals surface area contributed by atoms with E-state index in [1.54, 1.807) is 0 Å². The van der Waals surface area contributed by atoms with Gasteiger partial charge < -0.3 is 29.9 Å². The molecule has 0 spiro atoms. The van der Waals surface area contributed by atoms with Gasteiger partial charge in [0.05, 0.1) is 0 Å². The minimum absolute atomic E-state index is 1.15. The smallest absolute Gasteiger partial charge is 0.335 e. The maximum absolute atomic E-state index is 10.5. The zero-order valence-corrected chi connectivity index (χ0v) is 7.40.